The molecule has 3 heterocycles. The fourth-order valence-corrected chi connectivity index (χ4v) is 4.33. The topological polar surface area (TPSA) is 49.0 Å². The van der Waals surface area contributed by atoms with Crippen molar-refractivity contribution >= 4 is 28.1 Å². The number of H-pyrrole nitrogens is 1. The highest BCUT2D eigenvalue weighted by molar-refractivity contribution is 7.11. The normalized spacial score (nSPS) is 14.2. The van der Waals surface area contributed by atoms with Crippen LogP contribution in [0.25, 0.3) is 10.9 Å². The highest BCUT2D eigenvalue weighted by Gasteiger charge is 2.25. The Kier molecular flexibility index (Phi) is 3.65. The van der Waals surface area contributed by atoms with Gasteiger partial charge in [0, 0.05) is 28.7 Å². The second-order valence-corrected chi connectivity index (χ2v) is 7.14. The van der Waals surface area contributed by atoms with Crippen LogP contribution in [0.1, 0.15) is 39.4 Å². The van der Waals surface area contributed by atoms with E-state index < -0.39 is 0 Å². The van der Waals surface area contributed by atoms with Crippen LogP contribution in [0.4, 0.5) is 0 Å². The van der Waals surface area contributed by atoms with Crippen LogP contribution in [0.3, 0.4) is 0 Å². The van der Waals surface area contributed by atoms with E-state index in [0.29, 0.717) is 12.2 Å². The Morgan fingerprint density at radius 1 is 1.39 bits per heavy atom. The number of hydrogen-bond acceptors (Lipinski definition) is 3. The summed E-state index contributed by atoms with van der Waals surface area (Å²) in [7, 11) is 0. The Morgan fingerprint density at radius 3 is 3.09 bits per heavy atom. The summed E-state index contributed by atoms with van der Waals surface area (Å²) in [6, 6.07) is 9.94. The molecule has 2 aromatic heterocycles. The van der Waals surface area contributed by atoms with Gasteiger partial charge in [0.25, 0.3) is 5.91 Å². The van der Waals surface area contributed by atoms with Gasteiger partial charge < -0.3 is 9.88 Å². The lowest BCUT2D eigenvalue weighted by Gasteiger charge is -2.25. The lowest BCUT2D eigenvalue weighted by atomic mass is 10.1. The molecule has 0 unspecified atom stereocenters. The van der Waals surface area contributed by atoms with E-state index in [1.54, 1.807) is 11.3 Å². The lowest BCUT2D eigenvalue weighted by molar-refractivity contribution is 0.0731. The predicted molar refractivity (Wildman–Crippen MR) is 92.9 cm³/mol. The lowest BCUT2D eigenvalue weighted by Crippen LogP contribution is -2.35. The first-order valence-corrected chi connectivity index (χ1v) is 8.90. The maximum absolute atomic E-state index is 12.8. The number of aryl methyl sites for hydroxylation is 1. The average molecular weight is 325 g/mol. The van der Waals surface area contributed by atoms with E-state index in [4.69, 9.17) is 4.98 Å². The van der Waals surface area contributed by atoms with Crippen LogP contribution in [0.15, 0.2) is 30.3 Å². The summed E-state index contributed by atoms with van der Waals surface area (Å²) in [6.45, 7) is 3.60. The number of nitrogens with zero attached hydrogens (tertiary/aromatic N) is 2. The van der Waals surface area contributed by atoms with Crippen molar-refractivity contribution in [2.24, 2.45) is 0 Å². The van der Waals surface area contributed by atoms with Gasteiger partial charge in [-0.15, -0.1) is 11.3 Å². The Hall–Kier alpha value is -2.14. The highest BCUT2D eigenvalue weighted by Crippen LogP contribution is 2.27. The van der Waals surface area contributed by atoms with Crippen molar-refractivity contribution in [1.29, 1.82) is 0 Å². The van der Waals surface area contributed by atoms with Crippen LogP contribution in [0, 0.1) is 0 Å². The van der Waals surface area contributed by atoms with E-state index in [2.05, 4.69) is 11.9 Å². The maximum atomic E-state index is 12.8. The molecule has 1 N–H and O–H groups in total. The molecule has 0 spiro atoms. The summed E-state index contributed by atoms with van der Waals surface area (Å²) >= 11 is 1.77. The van der Waals surface area contributed by atoms with Gasteiger partial charge in [0.05, 0.1) is 17.2 Å². The van der Waals surface area contributed by atoms with Gasteiger partial charge in [-0.25, -0.2) is 4.98 Å². The van der Waals surface area contributed by atoms with E-state index in [0.717, 1.165) is 36.7 Å². The molecule has 1 aliphatic heterocycles. The summed E-state index contributed by atoms with van der Waals surface area (Å²) in [4.78, 5) is 23.9. The minimum absolute atomic E-state index is 0.0808. The molecule has 23 heavy (non-hydrogen) atoms. The van der Waals surface area contributed by atoms with Crippen molar-refractivity contribution in [3.05, 3.63) is 51.6 Å². The second-order valence-electron chi connectivity index (χ2n) is 5.97. The molecule has 0 atom stereocenters. The summed E-state index contributed by atoms with van der Waals surface area (Å²) < 4.78 is 0. The molecular formula is C18H19N3OS. The molecule has 0 aliphatic carbocycles. The molecule has 118 valence electrons. The number of rotatable bonds is 3. The van der Waals surface area contributed by atoms with Gasteiger partial charge in [0.15, 0.2) is 0 Å². The van der Waals surface area contributed by atoms with Crippen molar-refractivity contribution in [1.82, 2.24) is 14.9 Å². The quantitative estimate of drug-likeness (QED) is 0.797. The van der Waals surface area contributed by atoms with Gasteiger partial charge in [0.2, 0.25) is 0 Å². The van der Waals surface area contributed by atoms with Gasteiger partial charge in [-0.3, -0.25) is 4.79 Å². The Labute approximate surface area is 139 Å². The number of nitrogens with one attached hydrogen (secondary N) is 1. The first kappa shape index (κ1) is 14.5. The molecule has 0 saturated heterocycles. The maximum Gasteiger partial charge on any atom is 0.270 e. The Balaban J connectivity index is 1.57. The number of hydrogen-bond donors (Lipinski definition) is 1. The van der Waals surface area contributed by atoms with Crippen molar-refractivity contribution in [3.63, 3.8) is 0 Å². The molecule has 0 radical (unpaired) electrons. The van der Waals surface area contributed by atoms with Crippen LogP contribution in [-0.2, 0) is 19.4 Å². The van der Waals surface area contributed by atoms with Gasteiger partial charge >= 0.3 is 0 Å². The minimum atomic E-state index is 0.0808. The molecule has 1 amide bonds. The zero-order valence-electron chi connectivity index (χ0n) is 13.1. The average Bonchev–Trinajstić information content (AvgIpc) is 3.16. The Bertz CT molecular complexity index is 831. The van der Waals surface area contributed by atoms with Crippen molar-refractivity contribution in [3.8, 4) is 0 Å². The van der Waals surface area contributed by atoms with Crippen molar-refractivity contribution in [2.75, 3.05) is 6.54 Å². The number of para-hydroxylation sites is 1. The fourth-order valence-electron chi connectivity index (χ4n) is 3.10. The van der Waals surface area contributed by atoms with E-state index in [1.165, 1.54) is 15.6 Å². The first-order valence-electron chi connectivity index (χ1n) is 8.09. The monoisotopic (exact) mass is 325 g/mol. The zero-order chi connectivity index (χ0) is 15.8. The van der Waals surface area contributed by atoms with Gasteiger partial charge in [-0.2, -0.15) is 0 Å². The third kappa shape index (κ3) is 2.65. The van der Waals surface area contributed by atoms with E-state index >= 15 is 0 Å². The number of carbonyl (C=O) groups is 1. The van der Waals surface area contributed by atoms with E-state index in [9.17, 15) is 4.79 Å². The number of aromatic nitrogens is 2. The third-order valence-electron chi connectivity index (χ3n) is 4.29. The van der Waals surface area contributed by atoms with E-state index in [-0.39, 0.29) is 5.91 Å². The predicted octanol–water partition coefficient (Wildman–Crippen LogP) is 3.78. The summed E-state index contributed by atoms with van der Waals surface area (Å²) in [5, 5.41) is 2.29. The smallest absolute Gasteiger partial charge is 0.270 e. The second kappa shape index (κ2) is 5.81. The molecule has 0 bridgehead atoms. The summed E-state index contributed by atoms with van der Waals surface area (Å²) in [5.74, 6) is 0.0808. The molecule has 3 aromatic rings. The third-order valence-corrected chi connectivity index (χ3v) is 5.43. The van der Waals surface area contributed by atoms with Crippen molar-refractivity contribution < 1.29 is 4.79 Å². The van der Waals surface area contributed by atoms with Gasteiger partial charge in [-0.1, -0.05) is 25.1 Å². The van der Waals surface area contributed by atoms with Crippen LogP contribution in [0.5, 0.6) is 0 Å². The highest BCUT2D eigenvalue weighted by atomic mass is 32.1. The Morgan fingerprint density at radius 2 is 2.26 bits per heavy atom. The number of benzene rings is 1. The minimum Gasteiger partial charge on any atom is -0.351 e. The number of amides is 1. The number of carbonyl (C=O) groups excluding carboxylic acids is 1. The van der Waals surface area contributed by atoms with Gasteiger partial charge in [0.1, 0.15) is 5.69 Å². The van der Waals surface area contributed by atoms with Crippen LogP contribution in [0.2, 0.25) is 0 Å². The summed E-state index contributed by atoms with van der Waals surface area (Å²) in [6.07, 6.45) is 3.01. The zero-order valence-corrected chi connectivity index (χ0v) is 13.9. The SMILES string of the molecule is CCCc1nc2c(s1)CN(C(=O)c1cc3ccccc3[nH]1)CC2. The van der Waals surface area contributed by atoms with E-state index in [1.807, 2.05) is 35.2 Å². The first-order chi connectivity index (χ1) is 11.2. The number of aromatic amines is 1. The molecular weight excluding hydrogens is 306 g/mol. The van der Waals surface area contributed by atoms with Crippen LogP contribution in [-0.4, -0.2) is 27.3 Å². The number of thiazole rings is 1. The van der Waals surface area contributed by atoms with Crippen molar-refractivity contribution in [2.45, 2.75) is 32.7 Å². The molecule has 1 aliphatic rings. The molecule has 4 nitrogen and oxygen atoms in total. The van der Waals surface area contributed by atoms with Gasteiger partial charge in [-0.05, 0) is 25.0 Å². The van der Waals surface area contributed by atoms with Crippen LogP contribution >= 0.6 is 11.3 Å². The molecule has 0 saturated carbocycles. The number of fused-ring (bicyclic) bond motifs is 2. The molecule has 0 fully saturated rings. The summed E-state index contributed by atoms with van der Waals surface area (Å²) in [5.41, 5.74) is 2.88. The largest absolute Gasteiger partial charge is 0.351 e. The van der Waals surface area contributed by atoms with Crippen LogP contribution < -0.4 is 0 Å². The standard InChI is InChI=1S/C18H19N3OS/c1-2-5-17-20-14-8-9-21(11-16(14)23-17)18(22)15-10-12-6-3-4-7-13(12)19-15/h3-4,6-7,10,19H,2,5,8-9,11H2,1H3. The fraction of sp³-hybridized carbons (Fsp3) is 0.333. The molecule has 1 aromatic carbocycles. The molecule has 5 heteroatoms. The molecule has 4 rings (SSSR count).